The largest absolute Gasteiger partial charge is 0.416 e. The summed E-state index contributed by atoms with van der Waals surface area (Å²) in [6, 6.07) is 13.3. The number of nitrogens with one attached hydrogen (secondary N) is 1. The normalized spacial score (nSPS) is 13.7. The Morgan fingerprint density at radius 3 is 2.47 bits per heavy atom. The van der Waals surface area contributed by atoms with Crippen molar-refractivity contribution in [1.82, 2.24) is 4.98 Å². The molecule has 174 valence electrons. The van der Waals surface area contributed by atoms with E-state index < -0.39 is 17.6 Å². The zero-order valence-corrected chi connectivity index (χ0v) is 18.5. The van der Waals surface area contributed by atoms with Gasteiger partial charge in [0, 0.05) is 11.9 Å². The molecule has 0 unspecified atom stereocenters. The lowest BCUT2D eigenvalue weighted by molar-refractivity contribution is -0.137. The second-order valence-corrected chi connectivity index (χ2v) is 7.98. The fraction of sp³-hybridized carbons (Fsp3) is 0.200. The lowest BCUT2D eigenvalue weighted by Crippen LogP contribution is -2.39. The summed E-state index contributed by atoms with van der Waals surface area (Å²) in [5, 5.41) is 2.53. The molecule has 1 aromatic heterocycles. The highest BCUT2D eigenvalue weighted by Gasteiger charge is 2.30. The number of nitrogens with zero attached hydrogens (tertiary/aromatic N) is 3. The molecule has 0 atom stereocenters. The minimum atomic E-state index is -4.47. The van der Waals surface area contributed by atoms with Crippen LogP contribution in [-0.4, -0.2) is 29.1 Å². The maximum absolute atomic E-state index is 13.2. The number of aromatic nitrogens is 1. The van der Waals surface area contributed by atoms with Crippen molar-refractivity contribution in [1.29, 1.82) is 0 Å². The Morgan fingerprint density at radius 1 is 1.06 bits per heavy atom. The minimum absolute atomic E-state index is 0.0353. The first-order valence-corrected chi connectivity index (χ1v) is 10.5. The van der Waals surface area contributed by atoms with Gasteiger partial charge in [-0.3, -0.25) is 14.5 Å². The molecule has 3 aromatic rings. The third-order valence-electron chi connectivity index (χ3n) is 5.53. The van der Waals surface area contributed by atoms with Crippen molar-refractivity contribution < 1.29 is 22.8 Å². The van der Waals surface area contributed by atoms with E-state index in [1.54, 1.807) is 12.1 Å². The van der Waals surface area contributed by atoms with Gasteiger partial charge in [-0.05, 0) is 73.0 Å². The zero-order valence-electron chi connectivity index (χ0n) is 18.5. The van der Waals surface area contributed by atoms with Gasteiger partial charge in [-0.15, -0.1) is 0 Å². The second-order valence-electron chi connectivity index (χ2n) is 7.98. The molecule has 0 saturated carbocycles. The number of carbonyl (C=O) groups excluding carboxylic acids is 2. The number of rotatable bonds is 4. The number of carbonyl (C=O) groups is 2. The van der Waals surface area contributed by atoms with Crippen LogP contribution in [0.1, 0.15) is 28.7 Å². The summed E-state index contributed by atoms with van der Waals surface area (Å²) in [5.74, 6) is -0.690. The molecule has 2 heterocycles. The van der Waals surface area contributed by atoms with Crippen molar-refractivity contribution in [2.75, 3.05) is 16.8 Å². The van der Waals surface area contributed by atoms with Crippen LogP contribution >= 0.6 is 0 Å². The minimum Gasteiger partial charge on any atom is -0.325 e. The first-order valence-electron chi connectivity index (χ1n) is 10.5. The molecule has 0 radical (unpaired) electrons. The Kier molecular flexibility index (Phi) is 6.19. The van der Waals surface area contributed by atoms with E-state index >= 15 is 0 Å². The molecular formula is C25H21F3N4O2. The number of alkyl halides is 3. The highest BCUT2D eigenvalue weighted by molar-refractivity contribution is 6.18. The first-order chi connectivity index (χ1) is 16.1. The molecule has 6 nitrogen and oxygen atoms in total. The van der Waals surface area contributed by atoms with Crippen LogP contribution in [0.2, 0.25) is 0 Å². The van der Waals surface area contributed by atoms with Crippen molar-refractivity contribution >= 4 is 34.7 Å². The molecule has 2 aromatic carbocycles. The summed E-state index contributed by atoms with van der Waals surface area (Å²) in [5.41, 5.74) is 3.37. The van der Waals surface area contributed by atoms with Gasteiger partial charge in [0.1, 0.15) is 12.2 Å². The van der Waals surface area contributed by atoms with E-state index in [4.69, 9.17) is 0 Å². The number of hydrogen-bond acceptors (Lipinski definition) is 4. The zero-order chi connectivity index (χ0) is 24.5. The third kappa shape index (κ3) is 4.98. The van der Waals surface area contributed by atoms with Gasteiger partial charge in [0.2, 0.25) is 11.8 Å². The van der Waals surface area contributed by atoms with Crippen molar-refractivity contribution in [2.45, 2.75) is 26.4 Å². The maximum Gasteiger partial charge on any atom is 0.416 e. The number of aryl methyl sites for hydroxylation is 2. The molecular weight excluding hydrogens is 445 g/mol. The van der Waals surface area contributed by atoms with Gasteiger partial charge in [0.05, 0.1) is 17.7 Å². The maximum atomic E-state index is 13.2. The summed E-state index contributed by atoms with van der Waals surface area (Å²) in [6.07, 6.45) is -3.00. The SMILES string of the molecule is Cc1ccc(C2=Nc3cccnc3N(CC(=O)Nc3ccc(C(F)(F)F)cc3)C(=O)C2)cc1C. The van der Waals surface area contributed by atoms with Crippen LogP contribution in [0.5, 0.6) is 0 Å². The highest BCUT2D eigenvalue weighted by atomic mass is 19.4. The molecule has 1 aliphatic heterocycles. The number of halogens is 3. The van der Waals surface area contributed by atoms with E-state index in [9.17, 15) is 22.8 Å². The van der Waals surface area contributed by atoms with Crippen molar-refractivity contribution in [3.8, 4) is 0 Å². The van der Waals surface area contributed by atoms with Gasteiger partial charge in [-0.1, -0.05) is 12.1 Å². The molecule has 2 amide bonds. The summed E-state index contributed by atoms with van der Waals surface area (Å²) >= 11 is 0. The Labute approximate surface area is 194 Å². The Balaban J connectivity index is 1.56. The summed E-state index contributed by atoms with van der Waals surface area (Å²) < 4.78 is 38.3. The van der Waals surface area contributed by atoms with Crippen LogP contribution in [0.3, 0.4) is 0 Å². The Bertz CT molecular complexity index is 1280. The van der Waals surface area contributed by atoms with Crippen LogP contribution in [0.15, 0.2) is 65.8 Å². The summed E-state index contributed by atoms with van der Waals surface area (Å²) in [4.78, 5) is 36.0. The number of amides is 2. The summed E-state index contributed by atoms with van der Waals surface area (Å²) in [6.45, 7) is 3.61. The van der Waals surface area contributed by atoms with Crippen LogP contribution in [-0.2, 0) is 15.8 Å². The fourth-order valence-corrected chi connectivity index (χ4v) is 3.56. The molecule has 0 bridgehead atoms. The number of fused-ring (bicyclic) bond motifs is 1. The first kappa shape index (κ1) is 23.2. The van der Waals surface area contributed by atoms with Crippen molar-refractivity contribution in [3.05, 3.63) is 83.0 Å². The van der Waals surface area contributed by atoms with Crippen molar-refractivity contribution in [2.24, 2.45) is 4.99 Å². The van der Waals surface area contributed by atoms with E-state index in [0.717, 1.165) is 41.0 Å². The molecule has 0 saturated heterocycles. The van der Waals surface area contributed by atoms with E-state index in [2.05, 4.69) is 15.3 Å². The van der Waals surface area contributed by atoms with Gasteiger partial charge in [0.25, 0.3) is 0 Å². The Hall–Kier alpha value is -4.01. The van der Waals surface area contributed by atoms with Crippen LogP contribution in [0.4, 0.5) is 30.4 Å². The predicted octanol–water partition coefficient (Wildman–Crippen LogP) is 5.21. The molecule has 1 aliphatic rings. The number of anilines is 2. The monoisotopic (exact) mass is 466 g/mol. The molecule has 0 spiro atoms. The van der Waals surface area contributed by atoms with E-state index in [1.165, 1.54) is 11.1 Å². The van der Waals surface area contributed by atoms with Gasteiger partial charge < -0.3 is 5.32 Å². The molecule has 0 aliphatic carbocycles. The van der Waals surface area contributed by atoms with Gasteiger partial charge in [0.15, 0.2) is 5.82 Å². The molecule has 4 rings (SSSR count). The average molecular weight is 466 g/mol. The van der Waals surface area contributed by atoms with Crippen LogP contribution < -0.4 is 10.2 Å². The molecule has 1 N–H and O–H groups in total. The highest BCUT2D eigenvalue weighted by Crippen LogP contribution is 2.32. The predicted molar refractivity (Wildman–Crippen MR) is 123 cm³/mol. The van der Waals surface area contributed by atoms with Crippen molar-refractivity contribution in [3.63, 3.8) is 0 Å². The lowest BCUT2D eigenvalue weighted by atomic mass is 10.0. The van der Waals surface area contributed by atoms with Gasteiger partial charge in [-0.25, -0.2) is 9.98 Å². The third-order valence-corrected chi connectivity index (χ3v) is 5.53. The number of aliphatic imine (C=N–C) groups is 1. The van der Waals surface area contributed by atoms with Crippen LogP contribution in [0, 0.1) is 13.8 Å². The average Bonchev–Trinajstić information content (AvgIpc) is 2.92. The smallest absolute Gasteiger partial charge is 0.325 e. The fourth-order valence-electron chi connectivity index (χ4n) is 3.56. The number of pyridine rings is 1. The number of benzene rings is 2. The van der Waals surface area contributed by atoms with E-state index in [0.29, 0.717) is 11.4 Å². The standard InChI is InChI=1S/C25H21F3N4O2/c1-15-5-6-17(12-16(15)2)21-13-23(34)32(24-20(31-21)4-3-11-29-24)14-22(33)30-19-9-7-18(8-10-19)25(26,27)28/h3-12H,13-14H2,1-2H3,(H,30,33). The Morgan fingerprint density at radius 2 is 1.79 bits per heavy atom. The van der Waals surface area contributed by atoms with Gasteiger partial charge >= 0.3 is 6.18 Å². The topological polar surface area (TPSA) is 74.7 Å². The van der Waals surface area contributed by atoms with E-state index in [-0.39, 0.29) is 30.4 Å². The van der Waals surface area contributed by atoms with Crippen LogP contribution in [0.25, 0.3) is 0 Å². The second kappa shape index (κ2) is 9.09. The molecule has 34 heavy (non-hydrogen) atoms. The van der Waals surface area contributed by atoms with Gasteiger partial charge in [-0.2, -0.15) is 13.2 Å². The summed E-state index contributed by atoms with van der Waals surface area (Å²) in [7, 11) is 0. The molecule has 9 heteroatoms. The van der Waals surface area contributed by atoms with E-state index in [1.807, 2.05) is 32.0 Å². The molecule has 0 fully saturated rings. The quantitative estimate of drug-likeness (QED) is 0.573. The lowest BCUT2D eigenvalue weighted by Gasteiger charge is -2.20. The number of hydrogen-bond donors (Lipinski definition) is 1.